The second-order valence-electron chi connectivity index (χ2n) is 9.51. The molecule has 1 atom stereocenters. The summed E-state index contributed by atoms with van der Waals surface area (Å²) in [5.41, 5.74) is -2.42. The molecule has 176 valence electrons. The summed E-state index contributed by atoms with van der Waals surface area (Å²) in [6, 6.07) is 2.81. The molecular formula is C23H30F2N2O5. The third-order valence-corrected chi connectivity index (χ3v) is 5.91. The van der Waals surface area contributed by atoms with E-state index in [-0.39, 0.29) is 37.4 Å². The summed E-state index contributed by atoms with van der Waals surface area (Å²) in [6.07, 6.45) is 0.460. The van der Waals surface area contributed by atoms with Gasteiger partial charge in [0.1, 0.15) is 17.2 Å². The van der Waals surface area contributed by atoms with Crippen LogP contribution in [-0.2, 0) is 20.7 Å². The van der Waals surface area contributed by atoms with Crippen molar-refractivity contribution >= 4 is 17.8 Å². The number of carbonyl (C=O) groups is 3. The Bertz CT molecular complexity index is 873. The van der Waals surface area contributed by atoms with Crippen molar-refractivity contribution in [2.75, 3.05) is 19.6 Å². The van der Waals surface area contributed by atoms with E-state index in [4.69, 9.17) is 4.74 Å². The highest BCUT2D eigenvalue weighted by molar-refractivity contribution is 6.10. The van der Waals surface area contributed by atoms with Gasteiger partial charge in [0, 0.05) is 44.6 Å². The number of piperidine rings is 1. The van der Waals surface area contributed by atoms with Gasteiger partial charge in [0.05, 0.1) is 0 Å². The quantitative estimate of drug-likeness (QED) is 0.695. The van der Waals surface area contributed by atoms with Gasteiger partial charge in [-0.15, -0.1) is 0 Å². The van der Waals surface area contributed by atoms with E-state index in [0.29, 0.717) is 25.9 Å². The zero-order valence-electron chi connectivity index (χ0n) is 18.7. The number of halogens is 2. The third kappa shape index (κ3) is 5.43. The van der Waals surface area contributed by atoms with E-state index in [1.165, 1.54) is 4.90 Å². The number of rotatable bonds is 5. The van der Waals surface area contributed by atoms with Crippen molar-refractivity contribution in [2.24, 2.45) is 0 Å². The second-order valence-corrected chi connectivity index (χ2v) is 9.51. The van der Waals surface area contributed by atoms with Gasteiger partial charge in [-0.1, -0.05) is 0 Å². The van der Waals surface area contributed by atoms with Crippen LogP contribution in [0.1, 0.15) is 52.0 Å². The third-order valence-electron chi connectivity index (χ3n) is 5.91. The van der Waals surface area contributed by atoms with Crippen LogP contribution in [0.5, 0.6) is 0 Å². The molecule has 1 aromatic rings. The average Bonchev–Trinajstić information content (AvgIpc) is 3.00. The number of benzene rings is 1. The Labute approximate surface area is 186 Å². The van der Waals surface area contributed by atoms with Crippen molar-refractivity contribution in [1.29, 1.82) is 0 Å². The first-order chi connectivity index (χ1) is 14.9. The minimum Gasteiger partial charge on any atom is -0.444 e. The number of likely N-dealkylation sites (tertiary alicyclic amines) is 2. The number of aliphatic hydroxyl groups is 1. The number of hydrogen-bond donors (Lipinski definition) is 1. The number of hydrogen-bond acceptors (Lipinski definition) is 5. The molecule has 0 saturated carbocycles. The van der Waals surface area contributed by atoms with Crippen molar-refractivity contribution in [2.45, 2.75) is 70.1 Å². The Balaban J connectivity index is 1.55. The summed E-state index contributed by atoms with van der Waals surface area (Å²) in [6.45, 7) is 6.46. The van der Waals surface area contributed by atoms with Gasteiger partial charge in [-0.05, 0) is 57.7 Å². The predicted molar refractivity (Wildman–Crippen MR) is 112 cm³/mol. The van der Waals surface area contributed by atoms with E-state index in [1.54, 1.807) is 25.7 Å². The Kier molecular flexibility index (Phi) is 6.88. The van der Waals surface area contributed by atoms with E-state index in [0.717, 1.165) is 18.2 Å². The van der Waals surface area contributed by atoms with Gasteiger partial charge >= 0.3 is 6.09 Å². The summed E-state index contributed by atoms with van der Waals surface area (Å²) in [5, 5.41) is 10.8. The number of ether oxygens (including phenoxy) is 1. The smallest absolute Gasteiger partial charge is 0.410 e. The lowest BCUT2D eigenvalue weighted by atomic mass is 9.92. The molecule has 1 N–H and O–H groups in total. The standard InChI is InChI=1S/C23H30F2N2O5/c1-22(2,3)32-21(30)26-9-6-18(7-10-26)27-11-8-23(31,20(27)29)19(28)5-4-15-12-16(24)14-17(25)13-15/h12-14,18,31H,4-11H2,1-3H3/t23-/m0/s1. The zero-order chi connectivity index (χ0) is 23.7. The van der Waals surface area contributed by atoms with Gasteiger partial charge in [0.15, 0.2) is 5.78 Å². The highest BCUT2D eigenvalue weighted by Gasteiger charge is 2.52. The van der Waals surface area contributed by atoms with Crippen LogP contribution >= 0.6 is 0 Å². The van der Waals surface area contributed by atoms with Crippen LogP contribution in [0.25, 0.3) is 0 Å². The van der Waals surface area contributed by atoms with E-state index in [2.05, 4.69) is 0 Å². The first-order valence-electron chi connectivity index (χ1n) is 10.9. The first kappa shape index (κ1) is 24.1. The molecule has 2 aliphatic rings. The molecule has 2 amide bonds. The summed E-state index contributed by atoms with van der Waals surface area (Å²) < 4.78 is 32.1. The van der Waals surface area contributed by atoms with Gasteiger partial charge in [0.25, 0.3) is 5.91 Å². The summed E-state index contributed by atoms with van der Waals surface area (Å²) in [4.78, 5) is 40.9. The molecule has 2 heterocycles. The van der Waals surface area contributed by atoms with Crippen LogP contribution in [0.3, 0.4) is 0 Å². The van der Waals surface area contributed by atoms with Gasteiger partial charge in [0.2, 0.25) is 5.60 Å². The van der Waals surface area contributed by atoms with Crippen molar-refractivity contribution in [3.63, 3.8) is 0 Å². The number of aryl methyl sites for hydroxylation is 1. The Morgan fingerprint density at radius 3 is 2.28 bits per heavy atom. The van der Waals surface area contributed by atoms with Crippen molar-refractivity contribution in [3.8, 4) is 0 Å². The summed E-state index contributed by atoms with van der Waals surface area (Å²) in [5.74, 6) is -2.77. The summed E-state index contributed by atoms with van der Waals surface area (Å²) in [7, 11) is 0. The van der Waals surface area contributed by atoms with Crippen LogP contribution in [0.2, 0.25) is 0 Å². The average molecular weight is 452 g/mol. The number of Topliss-reactive ketones (excluding diaryl/α,β-unsaturated/α-hetero) is 1. The van der Waals surface area contributed by atoms with Crippen molar-refractivity contribution < 1.29 is 33.0 Å². The largest absolute Gasteiger partial charge is 0.444 e. The van der Waals surface area contributed by atoms with Crippen LogP contribution in [0.4, 0.5) is 13.6 Å². The molecule has 0 unspecified atom stereocenters. The highest BCUT2D eigenvalue weighted by atomic mass is 19.1. The number of amides is 2. The molecule has 0 aliphatic carbocycles. The van der Waals surface area contributed by atoms with E-state index in [1.807, 2.05) is 0 Å². The minimum absolute atomic E-state index is 0.0194. The van der Waals surface area contributed by atoms with Crippen LogP contribution in [0, 0.1) is 11.6 Å². The molecule has 1 aromatic carbocycles. The minimum atomic E-state index is -2.12. The maximum atomic E-state index is 13.3. The maximum absolute atomic E-state index is 13.3. The molecule has 9 heteroatoms. The zero-order valence-corrected chi connectivity index (χ0v) is 18.7. The lowest BCUT2D eigenvalue weighted by Gasteiger charge is -2.37. The van der Waals surface area contributed by atoms with E-state index >= 15 is 0 Å². The Hall–Kier alpha value is -2.55. The second kappa shape index (κ2) is 9.13. The van der Waals surface area contributed by atoms with Gasteiger partial charge in [-0.25, -0.2) is 13.6 Å². The molecule has 0 aromatic heterocycles. The van der Waals surface area contributed by atoms with E-state index in [9.17, 15) is 28.3 Å². The molecule has 2 aliphatic heterocycles. The fraction of sp³-hybridized carbons (Fsp3) is 0.609. The van der Waals surface area contributed by atoms with Crippen molar-refractivity contribution in [3.05, 3.63) is 35.4 Å². The number of nitrogens with zero attached hydrogens (tertiary/aromatic N) is 2. The van der Waals surface area contributed by atoms with E-state index < -0.39 is 40.6 Å². The SMILES string of the molecule is CC(C)(C)OC(=O)N1CCC(N2CC[C@](O)(C(=O)CCc3cc(F)cc(F)c3)C2=O)CC1. The van der Waals surface area contributed by atoms with Crippen LogP contribution in [0.15, 0.2) is 18.2 Å². The summed E-state index contributed by atoms with van der Waals surface area (Å²) >= 11 is 0. The topological polar surface area (TPSA) is 87.2 Å². The predicted octanol–water partition coefficient (Wildman–Crippen LogP) is 2.83. The van der Waals surface area contributed by atoms with Gasteiger partial charge in [-0.3, -0.25) is 9.59 Å². The fourth-order valence-electron chi connectivity index (χ4n) is 4.24. The lowest BCUT2D eigenvalue weighted by Crippen LogP contribution is -2.52. The molecule has 3 rings (SSSR count). The molecule has 0 spiro atoms. The van der Waals surface area contributed by atoms with Gasteiger partial charge < -0.3 is 19.6 Å². The van der Waals surface area contributed by atoms with Crippen LogP contribution < -0.4 is 0 Å². The molecule has 0 bridgehead atoms. The number of ketones is 1. The normalized spacial score (nSPS) is 22.4. The lowest BCUT2D eigenvalue weighted by molar-refractivity contribution is -0.154. The number of carbonyl (C=O) groups excluding carboxylic acids is 3. The molecule has 2 saturated heterocycles. The Morgan fingerprint density at radius 1 is 1.12 bits per heavy atom. The molecule has 32 heavy (non-hydrogen) atoms. The molecule has 7 nitrogen and oxygen atoms in total. The van der Waals surface area contributed by atoms with Gasteiger partial charge in [-0.2, -0.15) is 0 Å². The molecular weight excluding hydrogens is 422 g/mol. The fourth-order valence-corrected chi connectivity index (χ4v) is 4.24. The Morgan fingerprint density at radius 2 is 1.72 bits per heavy atom. The molecule has 0 radical (unpaired) electrons. The molecule has 2 fully saturated rings. The monoisotopic (exact) mass is 452 g/mol. The van der Waals surface area contributed by atoms with Crippen molar-refractivity contribution in [1.82, 2.24) is 9.80 Å². The maximum Gasteiger partial charge on any atom is 0.410 e. The highest BCUT2D eigenvalue weighted by Crippen LogP contribution is 2.31. The first-order valence-corrected chi connectivity index (χ1v) is 10.9. The van der Waals surface area contributed by atoms with Crippen LogP contribution in [-0.4, -0.2) is 69.6 Å².